The van der Waals surface area contributed by atoms with Gasteiger partial charge in [-0.3, -0.25) is 0 Å². The summed E-state index contributed by atoms with van der Waals surface area (Å²) in [7, 11) is 0. The molecule has 4 aromatic rings. The van der Waals surface area contributed by atoms with Crippen LogP contribution in [0.4, 0.5) is 0 Å². The van der Waals surface area contributed by atoms with E-state index in [4.69, 9.17) is 0 Å². The minimum absolute atomic E-state index is 1.15. The number of fused-ring (bicyclic) bond motifs is 3. The molecule has 1 heterocycles. The number of benzene rings is 3. The van der Waals surface area contributed by atoms with Crippen LogP contribution < -0.4 is 0 Å². The summed E-state index contributed by atoms with van der Waals surface area (Å²) < 4.78 is 2.72. The zero-order valence-electron chi connectivity index (χ0n) is 11.5. The maximum Gasteiger partial charge on any atom is 0.0433 e. The maximum atomic E-state index is 3.81. The van der Waals surface area contributed by atoms with Crippen LogP contribution in [0.15, 0.2) is 73.3 Å². The predicted octanol–water partition coefficient (Wildman–Crippen LogP) is 6.36. The molecule has 0 saturated carbocycles. The molecule has 0 nitrogen and oxygen atoms in total. The fourth-order valence-electron chi connectivity index (χ4n) is 2.77. The van der Waals surface area contributed by atoms with Gasteiger partial charge in [-0.1, -0.05) is 73.3 Å². The lowest BCUT2D eigenvalue weighted by molar-refractivity contribution is 1.64. The van der Waals surface area contributed by atoms with E-state index in [0.29, 0.717) is 0 Å². The van der Waals surface area contributed by atoms with Crippen molar-refractivity contribution < 1.29 is 0 Å². The van der Waals surface area contributed by atoms with Crippen LogP contribution in [-0.2, 0) is 0 Å². The van der Waals surface area contributed by atoms with Crippen LogP contribution in [0.2, 0.25) is 0 Å². The molecule has 100 valence electrons. The lowest BCUT2D eigenvalue weighted by Crippen LogP contribution is -1.79. The third-order valence-electron chi connectivity index (χ3n) is 3.86. The topological polar surface area (TPSA) is 0 Å². The summed E-state index contributed by atoms with van der Waals surface area (Å²) in [5, 5.41) is 2.70. The molecule has 0 fully saturated rings. The number of hydrogen-bond donors (Lipinski definition) is 0. The zero-order chi connectivity index (χ0) is 14.2. The van der Waals surface area contributed by atoms with Gasteiger partial charge in [0.15, 0.2) is 0 Å². The van der Waals surface area contributed by atoms with Crippen LogP contribution in [-0.4, -0.2) is 0 Å². The van der Waals surface area contributed by atoms with Crippen LogP contribution in [0, 0.1) is 0 Å². The van der Waals surface area contributed by atoms with Crippen molar-refractivity contribution in [1.82, 2.24) is 0 Å². The Labute approximate surface area is 128 Å². The molecule has 0 aliphatic rings. The summed E-state index contributed by atoms with van der Waals surface area (Å²) in [5.74, 6) is 0. The van der Waals surface area contributed by atoms with Crippen LogP contribution >= 0.6 is 11.3 Å². The van der Waals surface area contributed by atoms with Crippen LogP contribution in [0.3, 0.4) is 0 Å². The Morgan fingerprint density at radius 1 is 0.762 bits per heavy atom. The fraction of sp³-hybridized carbons (Fsp3) is 0. The Bertz CT molecular complexity index is 943. The fourth-order valence-corrected chi connectivity index (χ4v) is 4.01. The lowest BCUT2D eigenvalue weighted by atomic mass is 10.0. The molecular formula is C20H14S. The summed E-state index contributed by atoms with van der Waals surface area (Å²) in [6.07, 6.45) is 1.88. The molecule has 0 aliphatic carbocycles. The number of rotatable bonds is 2. The number of thiophene rings is 1. The van der Waals surface area contributed by atoms with Gasteiger partial charge in [0.2, 0.25) is 0 Å². The molecule has 0 unspecified atom stereocenters. The smallest absolute Gasteiger partial charge is 0.0433 e. The molecular weight excluding hydrogens is 272 g/mol. The second kappa shape index (κ2) is 4.87. The summed E-state index contributed by atoms with van der Waals surface area (Å²) in [6, 6.07) is 23.8. The first-order chi connectivity index (χ1) is 10.4. The minimum atomic E-state index is 1.15. The van der Waals surface area contributed by atoms with E-state index in [1.807, 2.05) is 17.4 Å². The molecule has 0 saturated heterocycles. The first kappa shape index (κ1) is 12.4. The Balaban J connectivity index is 2.01. The van der Waals surface area contributed by atoms with Gasteiger partial charge in [-0.05, 0) is 22.8 Å². The zero-order valence-corrected chi connectivity index (χ0v) is 12.4. The average Bonchev–Trinajstić information content (AvgIpc) is 2.94. The molecule has 0 aliphatic heterocycles. The van der Waals surface area contributed by atoms with E-state index in [0.717, 1.165) is 5.56 Å². The Hall–Kier alpha value is -2.38. The van der Waals surface area contributed by atoms with E-state index in [1.165, 1.54) is 31.3 Å². The highest BCUT2D eigenvalue weighted by Crippen LogP contribution is 2.39. The van der Waals surface area contributed by atoms with Gasteiger partial charge in [-0.2, -0.15) is 0 Å². The van der Waals surface area contributed by atoms with E-state index in [2.05, 4.69) is 73.3 Å². The van der Waals surface area contributed by atoms with Crippen molar-refractivity contribution >= 4 is 37.6 Å². The Kier molecular flexibility index (Phi) is 2.87. The highest BCUT2D eigenvalue weighted by atomic mass is 32.1. The standard InChI is InChI=1S/C20H14S/c1-2-14-10-12-15(13-11-14)16-7-5-8-18-17-6-3-4-9-19(17)21-20(16)18/h2-13H,1H2. The van der Waals surface area contributed by atoms with Gasteiger partial charge in [0.25, 0.3) is 0 Å². The van der Waals surface area contributed by atoms with Gasteiger partial charge in [-0.25, -0.2) is 0 Å². The molecule has 21 heavy (non-hydrogen) atoms. The summed E-state index contributed by atoms with van der Waals surface area (Å²) in [4.78, 5) is 0. The van der Waals surface area contributed by atoms with Crippen LogP contribution in [0.1, 0.15) is 5.56 Å². The van der Waals surface area contributed by atoms with Crippen LogP contribution in [0.5, 0.6) is 0 Å². The molecule has 4 rings (SSSR count). The third kappa shape index (κ3) is 1.98. The molecule has 0 bridgehead atoms. The molecule has 0 radical (unpaired) electrons. The SMILES string of the molecule is C=Cc1ccc(-c2cccc3c2sc2ccccc23)cc1. The second-order valence-electron chi connectivity index (χ2n) is 5.11. The maximum absolute atomic E-state index is 3.81. The normalized spacial score (nSPS) is 11.0. The van der Waals surface area contributed by atoms with E-state index in [9.17, 15) is 0 Å². The van der Waals surface area contributed by atoms with Crippen molar-refractivity contribution in [2.75, 3.05) is 0 Å². The first-order valence-corrected chi connectivity index (χ1v) is 7.81. The third-order valence-corrected chi connectivity index (χ3v) is 5.08. The average molecular weight is 286 g/mol. The minimum Gasteiger partial charge on any atom is -0.135 e. The van der Waals surface area contributed by atoms with Gasteiger partial charge in [0.05, 0.1) is 0 Å². The summed E-state index contributed by atoms with van der Waals surface area (Å²) in [5.41, 5.74) is 3.73. The molecule has 0 atom stereocenters. The second-order valence-corrected chi connectivity index (χ2v) is 6.16. The van der Waals surface area contributed by atoms with Gasteiger partial charge < -0.3 is 0 Å². The van der Waals surface area contributed by atoms with E-state index < -0.39 is 0 Å². The molecule has 0 N–H and O–H groups in total. The van der Waals surface area contributed by atoms with E-state index in [1.54, 1.807) is 0 Å². The quantitative estimate of drug-likeness (QED) is 0.402. The molecule has 0 spiro atoms. The van der Waals surface area contributed by atoms with Crippen molar-refractivity contribution in [3.05, 3.63) is 78.9 Å². The molecule has 0 amide bonds. The van der Waals surface area contributed by atoms with Crippen LogP contribution in [0.25, 0.3) is 37.4 Å². The Morgan fingerprint density at radius 3 is 2.33 bits per heavy atom. The first-order valence-electron chi connectivity index (χ1n) is 7.00. The summed E-state index contributed by atoms with van der Waals surface area (Å²) >= 11 is 1.87. The van der Waals surface area contributed by atoms with E-state index in [-0.39, 0.29) is 0 Å². The van der Waals surface area contributed by atoms with Gasteiger partial charge >= 0.3 is 0 Å². The van der Waals surface area contributed by atoms with Crippen molar-refractivity contribution in [1.29, 1.82) is 0 Å². The molecule has 1 heteroatoms. The van der Waals surface area contributed by atoms with Gasteiger partial charge in [0.1, 0.15) is 0 Å². The summed E-state index contributed by atoms with van der Waals surface area (Å²) in [6.45, 7) is 3.81. The van der Waals surface area contributed by atoms with Crippen molar-refractivity contribution in [3.63, 3.8) is 0 Å². The Morgan fingerprint density at radius 2 is 1.52 bits per heavy atom. The van der Waals surface area contributed by atoms with Crippen molar-refractivity contribution in [3.8, 4) is 11.1 Å². The highest BCUT2D eigenvalue weighted by molar-refractivity contribution is 7.26. The largest absolute Gasteiger partial charge is 0.135 e. The van der Waals surface area contributed by atoms with Crippen molar-refractivity contribution in [2.24, 2.45) is 0 Å². The molecule has 3 aromatic carbocycles. The lowest BCUT2D eigenvalue weighted by Gasteiger charge is -2.04. The van der Waals surface area contributed by atoms with Crippen molar-refractivity contribution in [2.45, 2.75) is 0 Å². The highest BCUT2D eigenvalue weighted by Gasteiger charge is 2.09. The molecule has 1 aromatic heterocycles. The van der Waals surface area contributed by atoms with Gasteiger partial charge in [-0.15, -0.1) is 11.3 Å². The predicted molar refractivity (Wildman–Crippen MR) is 94.9 cm³/mol. The monoisotopic (exact) mass is 286 g/mol. The van der Waals surface area contributed by atoms with E-state index >= 15 is 0 Å². The van der Waals surface area contributed by atoms with Gasteiger partial charge in [0, 0.05) is 20.2 Å². The number of hydrogen-bond acceptors (Lipinski definition) is 1.